The predicted molar refractivity (Wildman–Crippen MR) is 88.2 cm³/mol. The number of rotatable bonds is 4. The first kappa shape index (κ1) is 16.8. The molecule has 0 spiro atoms. The molecule has 0 fully saturated rings. The van der Waals surface area contributed by atoms with Gasteiger partial charge in [-0.3, -0.25) is 10.1 Å². The lowest BCUT2D eigenvalue weighted by Crippen LogP contribution is -2.17. The van der Waals surface area contributed by atoms with E-state index in [2.05, 4.69) is 36.2 Å². The van der Waals surface area contributed by atoms with Crippen molar-refractivity contribution < 1.29 is 14.7 Å². The predicted octanol–water partition coefficient (Wildman–Crippen LogP) is 2.81. The number of nitrogens with zero attached hydrogens (tertiary/aromatic N) is 3. The Labute approximate surface area is 140 Å². The Morgan fingerprint density at radius 3 is 2.61 bits per heavy atom. The molecule has 0 aromatic carbocycles. The van der Waals surface area contributed by atoms with Crippen LogP contribution < -0.4 is 11.1 Å². The average Bonchev–Trinajstić information content (AvgIpc) is 2.49. The largest absolute Gasteiger partial charge is 0.465 e. The van der Waals surface area contributed by atoms with E-state index in [1.165, 1.54) is 18.3 Å². The lowest BCUT2D eigenvalue weighted by Gasteiger charge is -2.12. The van der Waals surface area contributed by atoms with Gasteiger partial charge in [-0.1, -0.05) is 13.8 Å². The number of nitrogen functional groups attached to an aromatic ring is 1. The number of aromatic nitrogens is 3. The highest BCUT2D eigenvalue weighted by Gasteiger charge is 2.20. The molecule has 2 aromatic heterocycles. The number of pyridine rings is 1. The zero-order valence-electron chi connectivity index (χ0n) is 12.4. The second-order valence-corrected chi connectivity index (χ2v) is 5.78. The molecule has 0 aliphatic rings. The molecule has 8 nitrogen and oxygen atoms in total. The van der Waals surface area contributed by atoms with Crippen molar-refractivity contribution in [2.75, 3.05) is 11.1 Å². The van der Waals surface area contributed by atoms with E-state index in [1.54, 1.807) is 13.8 Å². The molecule has 0 atom stereocenters. The Hall–Kier alpha value is -2.55. The molecule has 0 bridgehead atoms. The number of carboxylic acid groups (broad SMARTS) is 1. The van der Waals surface area contributed by atoms with Crippen LogP contribution in [0.1, 0.15) is 24.3 Å². The topological polar surface area (TPSA) is 131 Å². The van der Waals surface area contributed by atoms with Crippen molar-refractivity contribution in [3.8, 4) is 11.4 Å². The van der Waals surface area contributed by atoms with Crippen LogP contribution in [0.25, 0.3) is 11.4 Å². The van der Waals surface area contributed by atoms with Crippen molar-refractivity contribution in [3.05, 3.63) is 28.6 Å². The molecule has 23 heavy (non-hydrogen) atoms. The summed E-state index contributed by atoms with van der Waals surface area (Å²) in [4.78, 5) is 35.6. The van der Waals surface area contributed by atoms with Crippen LogP contribution in [0.3, 0.4) is 0 Å². The van der Waals surface area contributed by atoms with Gasteiger partial charge in [0.1, 0.15) is 16.0 Å². The molecule has 0 aliphatic carbocycles. The fourth-order valence-corrected chi connectivity index (χ4v) is 2.11. The van der Waals surface area contributed by atoms with E-state index in [0.717, 1.165) is 0 Å². The monoisotopic (exact) mass is 379 g/mol. The second kappa shape index (κ2) is 6.69. The Morgan fingerprint density at radius 1 is 1.30 bits per heavy atom. The summed E-state index contributed by atoms with van der Waals surface area (Å²) in [6.07, 6.45) is 0.165. The molecule has 0 unspecified atom stereocenters. The van der Waals surface area contributed by atoms with Gasteiger partial charge in [0.2, 0.25) is 0 Å². The van der Waals surface area contributed by atoms with Gasteiger partial charge in [0.25, 0.3) is 0 Å². The molecular weight excluding hydrogens is 366 g/mol. The van der Waals surface area contributed by atoms with E-state index in [4.69, 9.17) is 10.8 Å². The summed E-state index contributed by atoms with van der Waals surface area (Å²) in [7, 11) is 0. The molecular formula is C14H14BrN5O3. The Kier molecular flexibility index (Phi) is 4.89. The number of nitrogens with one attached hydrogen (secondary N) is 1. The number of Topliss-reactive ketones (excluding diaryl/α,β-unsaturated/α-hetero) is 1. The quantitative estimate of drug-likeness (QED) is 0.695. The number of carbonyl (C=O) groups excluding carboxylic acids is 1. The van der Waals surface area contributed by atoms with Crippen LogP contribution in [0, 0.1) is 5.92 Å². The lowest BCUT2D eigenvalue weighted by molar-refractivity contribution is 0.0935. The SMILES string of the molecule is CC(C)C(=O)c1nc(-c2nc(Br)cnc2N)ccc1NC(=O)O. The minimum atomic E-state index is -1.28. The van der Waals surface area contributed by atoms with Crippen LogP contribution in [0.5, 0.6) is 0 Å². The highest BCUT2D eigenvalue weighted by molar-refractivity contribution is 9.10. The molecule has 0 saturated carbocycles. The van der Waals surface area contributed by atoms with Crippen molar-refractivity contribution in [2.24, 2.45) is 5.92 Å². The molecule has 2 rings (SSSR count). The number of carbonyl (C=O) groups is 2. The number of ketones is 1. The Balaban J connectivity index is 2.59. The van der Waals surface area contributed by atoms with Gasteiger partial charge in [0.15, 0.2) is 11.6 Å². The van der Waals surface area contributed by atoms with E-state index in [9.17, 15) is 9.59 Å². The zero-order chi connectivity index (χ0) is 17.1. The van der Waals surface area contributed by atoms with Crippen molar-refractivity contribution in [1.29, 1.82) is 0 Å². The average molecular weight is 380 g/mol. The van der Waals surface area contributed by atoms with Gasteiger partial charge >= 0.3 is 6.09 Å². The van der Waals surface area contributed by atoms with Crippen LogP contribution >= 0.6 is 15.9 Å². The van der Waals surface area contributed by atoms with Crippen LogP contribution in [-0.2, 0) is 0 Å². The first-order valence-electron chi connectivity index (χ1n) is 6.63. The zero-order valence-corrected chi connectivity index (χ0v) is 14.0. The lowest BCUT2D eigenvalue weighted by atomic mass is 10.0. The number of nitrogens with two attached hydrogens (primary N) is 1. The fraction of sp³-hybridized carbons (Fsp3) is 0.214. The van der Waals surface area contributed by atoms with E-state index in [0.29, 0.717) is 16.0 Å². The highest BCUT2D eigenvalue weighted by atomic mass is 79.9. The van der Waals surface area contributed by atoms with Gasteiger partial charge in [-0.25, -0.2) is 19.7 Å². The minimum Gasteiger partial charge on any atom is -0.465 e. The van der Waals surface area contributed by atoms with Gasteiger partial charge in [-0.05, 0) is 28.1 Å². The molecule has 0 saturated heterocycles. The summed E-state index contributed by atoms with van der Waals surface area (Å²) in [6, 6.07) is 2.98. The van der Waals surface area contributed by atoms with Crippen LogP contribution in [0.2, 0.25) is 0 Å². The van der Waals surface area contributed by atoms with Crippen molar-refractivity contribution >= 4 is 39.3 Å². The van der Waals surface area contributed by atoms with Gasteiger partial charge in [-0.15, -0.1) is 0 Å². The number of hydrogen-bond donors (Lipinski definition) is 3. The molecule has 2 heterocycles. The van der Waals surface area contributed by atoms with E-state index in [1.807, 2.05) is 0 Å². The smallest absolute Gasteiger partial charge is 0.409 e. The minimum absolute atomic E-state index is 0.0149. The molecule has 4 N–H and O–H groups in total. The first-order valence-corrected chi connectivity index (χ1v) is 7.42. The summed E-state index contributed by atoms with van der Waals surface area (Å²) in [5, 5.41) is 11.1. The second-order valence-electron chi connectivity index (χ2n) is 4.97. The van der Waals surface area contributed by atoms with Gasteiger partial charge in [0, 0.05) is 5.92 Å². The molecule has 1 amide bonds. The molecule has 120 valence electrons. The fourth-order valence-electron chi connectivity index (χ4n) is 1.83. The summed E-state index contributed by atoms with van der Waals surface area (Å²) in [6.45, 7) is 3.41. The number of amides is 1. The maximum atomic E-state index is 12.3. The molecule has 0 aliphatic heterocycles. The summed E-state index contributed by atoms with van der Waals surface area (Å²) in [5.74, 6) is -0.488. The number of anilines is 2. The van der Waals surface area contributed by atoms with Crippen molar-refractivity contribution in [1.82, 2.24) is 15.0 Å². The van der Waals surface area contributed by atoms with E-state index < -0.39 is 6.09 Å². The number of halogens is 1. The third kappa shape index (κ3) is 3.81. The third-order valence-electron chi connectivity index (χ3n) is 2.91. The standard InChI is InChI=1S/C14H14BrN5O3/c1-6(2)12(21)10-7(19-14(22)23)3-4-8(18-10)11-13(16)17-5-9(15)20-11/h3-6,19H,1-2H3,(H2,16,17)(H,22,23). The van der Waals surface area contributed by atoms with Crippen molar-refractivity contribution in [2.45, 2.75) is 13.8 Å². The van der Waals surface area contributed by atoms with Gasteiger partial charge < -0.3 is 10.8 Å². The maximum absolute atomic E-state index is 12.3. The van der Waals surface area contributed by atoms with Crippen molar-refractivity contribution in [3.63, 3.8) is 0 Å². The van der Waals surface area contributed by atoms with Gasteiger partial charge in [0.05, 0.1) is 17.6 Å². The van der Waals surface area contributed by atoms with E-state index in [-0.39, 0.29) is 28.9 Å². The highest BCUT2D eigenvalue weighted by Crippen LogP contribution is 2.26. The van der Waals surface area contributed by atoms with E-state index >= 15 is 0 Å². The normalized spacial score (nSPS) is 10.6. The Bertz CT molecular complexity index is 779. The first-order chi connectivity index (χ1) is 10.8. The summed E-state index contributed by atoms with van der Waals surface area (Å²) < 4.78 is 0.466. The van der Waals surface area contributed by atoms with Crippen LogP contribution in [0.4, 0.5) is 16.3 Å². The molecule has 2 aromatic rings. The molecule has 9 heteroatoms. The molecule has 0 radical (unpaired) electrons. The summed E-state index contributed by atoms with van der Waals surface area (Å²) in [5.41, 5.74) is 6.56. The Morgan fingerprint density at radius 2 is 2.00 bits per heavy atom. The van der Waals surface area contributed by atoms with Crippen LogP contribution in [-0.4, -0.2) is 31.9 Å². The number of hydrogen-bond acceptors (Lipinski definition) is 6. The van der Waals surface area contributed by atoms with Crippen LogP contribution in [0.15, 0.2) is 22.9 Å². The maximum Gasteiger partial charge on any atom is 0.409 e. The summed E-state index contributed by atoms with van der Waals surface area (Å²) >= 11 is 3.20. The third-order valence-corrected chi connectivity index (χ3v) is 3.29. The van der Waals surface area contributed by atoms with Gasteiger partial charge in [-0.2, -0.15) is 0 Å².